The number of phenolic OH excluding ortho intramolecular Hbond substituents is 1. The molecule has 0 bridgehead atoms. The number of Topliss-reactive ketones (excluding diaryl/α,β-unsaturated/α-hetero) is 1. The Kier molecular flexibility index (Phi) is 5.71. The topological polar surface area (TPSA) is 100.0 Å². The SMILES string of the molecule is CCOc1cc([C@H]2/C(=C(\O)c3ccccc3)C(=O)C(=O)N2c2nc(C)c(C)s2)ccc1O. The van der Waals surface area contributed by atoms with Gasteiger partial charge in [0.15, 0.2) is 16.6 Å². The molecule has 1 aliphatic rings. The number of aromatic hydroxyl groups is 1. The van der Waals surface area contributed by atoms with Crippen molar-refractivity contribution in [2.24, 2.45) is 0 Å². The molecule has 0 unspecified atom stereocenters. The number of thiazole rings is 1. The Labute approximate surface area is 189 Å². The van der Waals surface area contributed by atoms with E-state index in [1.165, 1.54) is 22.3 Å². The summed E-state index contributed by atoms with van der Waals surface area (Å²) in [4.78, 5) is 33.0. The van der Waals surface area contributed by atoms with Crippen LogP contribution in [-0.4, -0.2) is 33.5 Å². The minimum Gasteiger partial charge on any atom is -0.507 e. The number of aryl methyl sites for hydroxylation is 2. The zero-order valence-electron chi connectivity index (χ0n) is 17.8. The molecule has 1 aliphatic heterocycles. The molecule has 2 N–H and O–H groups in total. The van der Waals surface area contributed by atoms with E-state index in [9.17, 15) is 19.8 Å². The third kappa shape index (κ3) is 3.62. The first-order chi connectivity index (χ1) is 15.3. The quantitative estimate of drug-likeness (QED) is 0.338. The molecule has 2 heterocycles. The van der Waals surface area contributed by atoms with Crippen molar-refractivity contribution in [1.29, 1.82) is 0 Å². The van der Waals surface area contributed by atoms with Crippen molar-refractivity contribution in [2.45, 2.75) is 26.8 Å². The Balaban J connectivity index is 1.96. The van der Waals surface area contributed by atoms with Gasteiger partial charge in [0.25, 0.3) is 5.78 Å². The van der Waals surface area contributed by atoms with Gasteiger partial charge in [0.2, 0.25) is 0 Å². The highest BCUT2D eigenvalue weighted by Gasteiger charge is 2.48. The number of carbonyl (C=O) groups is 2. The lowest BCUT2D eigenvalue weighted by atomic mass is 9.95. The first-order valence-electron chi connectivity index (χ1n) is 10.1. The molecule has 1 amide bonds. The van der Waals surface area contributed by atoms with Gasteiger partial charge >= 0.3 is 5.91 Å². The van der Waals surface area contributed by atoms with Crippen LogP contribution in [0.5, 0.6) is 11.5 Å². The molecule has 2 aromatic carbocycles. The normalized spacial score (nSPS) is 17.7. The fourth-order valence-electron chi connectivity index (χ4n) is 3.63. The smallest absolute Gasteiger partial charge is 0.301 e. The number of hydrogen-bond acceptors (Lipinski definition) is 7. The summed E-state index contributed by atoms with van der Waals surface area (Å²) >= 11 is 1.30. The Morgan fingerprint density at radius 1 is 1.16 bits per heavy atom. The molecule has 164 valence electrons. The van der Waals surface area contributed by atoms with Crippen molar-refractivity contribution in [3.8, 4) is 11.5 Å². The zero-order chi connectivity index (χ0) is 23.0. The predicted molar refractivity (Wildman–Crippen MR) is 122 cm³/mol. The third-order valence-electron chi connectivity index (χ3n) is 5.31. The van der Waals surface area contributed by atoms with Crippen molar-refractivity contribution in [3.63, 3.8) is 0 Å². The molecule has 32 heavy (non-hydrogen) atoms. The molecule has 0 saturated carbocycles. The summed E-state index contributed by atoms with van der Waals surface area (Å²) in [6, 6.07) is 12.3. The maximum absolute atomic E-state index is 13.2. The summed E-state index contributed by atoms with van der Waals surface area (Å²) in [5, 5.41) is 21.6. The molecular weight excluding hydrogens is 428 g/mol. The highest BCUT2D eigenvalue weighted by molar-refractivity contribution is 7.16. The standard InChI is InChI=1S/C24H22N2O5S/c1-4-31-18-12-16(10-11-17(18)27)20-19(21(28)15-8-6-5-7-9-15)22(29)23(30)26(20)24-25-13(2)14(3)32-24/h5-12,20,27-28H,4H2,1-3H3/b21-19+/t20-/m0/s1. The van der Waals surface area contributed by atoms with Crippen LogP contribution in [0, 0.1) is 13.8 Å². The maximum atomic E-state index is 13.2. The summed E-state index contributed by atoms with van der Waals surface area (Å²) < 4.78 is 5.51. The minimum absolute atomic E-state index is 0.0418. The van der Waals surface area contributed by atoms with Crippen LogP contribution in [0.25, 0.3) is 5.76 Å². The van der Waals surface area contributed by atoms with Gasteiger partial charge in [-0.1, -0.05) is 36.4 Å². The molecule has 4 rings (SSSR count). The fraction of sp³-hybridized carbons (Fsp3) is 0.208. The van der Waals surface area contributed by atoms with E-state index in [1.807, 2.05) is 13.8 Å². The average molecular weight is 451 g/mol. The van der Waals surface area contributed by atoms with E-state index in [1.54, 1.807) is 49.4 Å². The van der Waals surface area contributed by atoms with E-state index in [0.29, 0.717) is 22.9 Å². The Morgan fingerprint density at radius 2 is 1.88 bits per heavy atom. The fourth-order valence-corrected chi connectivity index (χ4v) is 4.56. The van der Waals surface area contributed by atoms with Crippen LogP contribution in [0.4, 0.5) is 5.13 Å². The molecule has 1 fully saturated rings. The Hall–Kier alpha value is -3.65. The zero-order valence-corrected chi connectivity index (χ0v) is 18.6. The van der Waals surface area contributed by atoms with Crippen LogP contribution >= 0.6 is 11.3 Å². The van der Waals surface area contributed by atoms with Gasteiger partial charge in [-0.15, -0.1) is 11.3 Å². The number of ether oxygens (including phenoxy) is 1. The molecule has 0 spiro atoms. The number of amides is 1. The lowest BCUT2D eigenvalue weighted by Crippen LogP contribution is -2.29. The van der Waals surface area contributed by atoms with Gasteiger partial charge in [-0.3, -0.25) is 14.5 Å². The summed E-state index contributed by atoms with van der Waals surface area (Å²) in [6.45, 7) is 5.83. The average Bonchev–Trinajstić information content (AvgIpc) is 3.25. The van der Waals surface area contributed by atoms with Crippen molar-refractivity contribution in [2.75, 3.05) is 11.5 Å². The van der Waals surface area contributed by atoms with E-state index < -0.39 is 17.7 Å². The summed E-state index contributed by atoms with van der Waals surface area (Å²) in [5.41, 5.74) is 1.65. The minimum atomic E-state index is -0.931. The van der Waals surface area contributed by atoms with Crippen LogP contribution in [0.3, 0.4) is 0 Å². The summed E-state index contributed by atoms with van der Waals surface area (Å²) in [5.74, 6) is -1.68. The number of benzene rings is 2. The Morgan fingerprint density at radius 3 is 2.50 bits per heavy atom. The van der Waals surface area contributed by atoms with E-state index >= 15 is 0 Å². The molecule has 0 radical (unpaired) electrons. The number of carbonyl (C=O) groups excluding carboxylic acids is 2. The number of hydrogen-bond donors (Lipinski definition) is 2. The molecule has 8 heteroatoms. The van der Waals surface area contributed by atoms with Crippen LogP contribution in [0.15, 0.2) is 54.1 Å². The molecule has 1 atom stereocenters. The third-order valence-corrected chi connectivity index (χ3v) is 6.39. The lowest BCUT2D eigenvalue weighted by Gasteiger charge is -2.23. The van der Waals surface area contributed by atoms with Gasteiger partial charge in [-0.2, -0.15) is 0 Å². The second-order valence-corrected chi connectivity index (χ2v) is 8.51. The number of aliphatic hydroxyl groups is 1. The van der Waals surface area contributed by atoms with Gasteiger partial charge in [-0.05, 0) is 38.5 Å². The van der Waals surface area contributed by atoms with Crippen LogP contribution in [0.2, 0.25) is 0 Å². The number of nitrogens with zero attached hydrogens (tertiary/aromatic N) is 2. The van der Waals surface area contributed by atoms with Crippen molar-refractivity contribution in [3.05, 3.63) is 75.8 Å². The number of anilines is 1. The van der Waals surface area contributed by atoms with E-state index in [4.69, 9.17) is 4.74 Å². The van der Waals surface area contributed by atoms with Crippen LogP contribution in [-0.2, 0) is 9.59 Å². The number of phenols is 1. The monoisotopic (exact) mass is 450 g/mol. The molecule has 1 saturated heterocycles. The Bertz CT molecular complexity index is 1210. The molecule has 3 aromatic rings. The van der Waals surface area contributed by atoms with Crippen molar-refractivity contribution >= 4 is 33.9 Å². The first-order valence-corrected chi connectivity index (χ1v) is 10.9. The van der Waals surface area contributed by atoms with E-state index in [2.05, 4.69) is 4.98 Å². The van der Waals surface area contributed by atoms with Gasteiger partial charge < -0.3 is 14.9 Å². The molecule has 1 aromatic heterocycles. The molecular formula is C24H22N2O5S. The van der Waals surface area contributed by atoms with Gasteiger partial charge in [0.05, 0.1) is 23.9 Å². The largest absolute Gasteiger partial charge is 0.507 e. The summed E-state index contributed by atoms with van der Waals surface area (Å²) in [7, 11) is 0. The van der Waals surface area contributed by atoms with E-state index in [0.717, 1.165) is 10.6 Å². The van der Waals surface area contributed by atoms with Gasteiger partial charge in [0.1, 0.15) is 5.76 Å². The maximum Gasteiger partial charge on any atom is 0.301 e. The highest BCUT2D eigenvalue weighted by Crippen LogP contribution is 2.45. The lowest BCUT2D eigenvalue weighted by molar-refractivity contribution is -0.132. The number of aromatic nitrogens is 1. The van der Waals surface area contributed by atoms with Crippen LogP contribution < -0.4 is 9.64 Å². The predicted octanol–water partition coefficient (Wildman–Crippen LogP) is 4.49. The summed E-state index contributed by atoms with van der Waals surface area (Å²) in [6.07, 6.45) is 0. The van der Waals surface area contributed by atoms with Crippen molar-refractivity contribution in [1.82, 2.24) is 4.98 Å². The first kappa shape index (κ1) is 21.6. The number of rotatable bonds is 5. The highest BCUT2D eigenvalue weighted by atomic mass is 32.1. The van der Waals surface area contributed by atoms with Gasteiger partial charge in [0, 0.05) is 10.4 Å². The molecule has 0 aliphatic carbocycles. The second kappa shape index (κ2) is 8.47. The second-order valence-electron chi connectivity index (χ2n) is 7.33. The van der Waals surface area contributed by atoms with E-state index in [-0.39, 0.29) is 22.8 Å². The van der Waals surface area contributed by atoms with Crippen molar-refractivity contribution < 1.29 is 24.5 Å². The van der Waals surface area contributed by atoms with Crippen LogP contribution in [0.1, 0.15) is 34.7 Å². The molecule has 7 nitrogen and oxygen atoms in total. The number of ketones is 1. The number of aliphatic hydroxyl groups excluding tert-OH is 1. The van der Waals surface area contributed by atoms with Gasteiger partial charge in [-0.25, -0.2) is 4.98 Å².